The number of benzene rings is 1. The van der Waals surface area contributed by atoms with Gasteiger partial charge >= 0.3 is 0 Å². The average molecular weight is 332 g/mol. The molecule has 0 amide bonds. The highest BCUT2D eigenvalue weighted by atomic mass is 35.5. The number of halogens is 2. The van der Waals surface area contributed by atoms with Crippen molar-refractivity contribution in [2.24, 2.45) is 0 Å². The van der Waals surface area contributed by atoms with Crippen molar-refractivity contribution in [2.45, 2.75) is 5.88 Å². The Morgan fingerprint density at radius 3 is 2.00 bits per heavy atom. The van der Waals surface area contributed by atoms with Crippen molar-refractivity contribution < 1.29 is 16.8 Å². The van der Waals surface area contributed by atoms with Crippen molar-refractivity contribution >= 4 is 48.9 Å². The van der Waals surface area contributed by atoms with Crippen LogP contribution in [0.4, 0.5) is 5.69 Å². The first-order valence-electron chi connectivity index (χ1n) is 4.63. The second-order valence-corrected chi connectivity index (χ2v) is 8.15. The Labute approximate surface area is 116 Å². The normalized spacial score (nSPS) is 12.4. The molecule has 0 aromatic heterocycles. The van der Waals surface area contributed by atoms with E-state index in [0.29, 0.717) is 9.27 Å². The molecule has 0 heterocycles. The Hall–Kier alpha value is -0.500. The van der Waals surface area contributed by atoms with E-state index in [-0.39, 0.29) is 16.6 Å². The molecule has 0 saturated carbocycles. The highest BCUT2D eigenvalue weighted by Crippen LogP contribution is 2.33. The van der Waals surface area contributed by atoms with Crippen molar-refractivity contribution in [3.05, 3.63) is 28.8 Å². The summed E-state index contributed by atoms with van der Waals surface area (Å²) in [5.74, 6) is 0.0496. The van der Waals surface area contributed by atoms with E-state index < -0.39 is 20.0 Å². The summed E-state index contributed by atoms with van der Waals surface area (Å²) < 4.78 is 46.6. The zero-order chi connectivity index (χ0) is 14.1. The molecule has 1 aromatic carbocycles. The third kappa shape index (κ3) is 3.28. The Morgan fingerprint density at radius 2 is 1.61 bits per heavy atom. The highest BCUT2D eigenvalue weighted by Gasteiger charge is 2.29. The minimum absolute atomic E-state index is 0.00310. The number of sulfonamides is 2. The topological polar surface area (TPSA) is 71.5 Å². The number of hydrogen-bond acceptors (Lipinski definition) is 4. The molecule has 1 rings (SSSR count). The van der Waals surface area contributed by atoms with E-state index in [0.717, 1.165) is 12.5 Å². The first-order valence-corrected chi connectivity index (χ1v) is 9.23. The monoisotopic (exact) mass is 331 g/mol. The van der Waals surface area contributed by atoms with E-state index in [4.69, 9.17) is 23.2 Å². The summed E-state index contributed by atoms with van der Waals surface area (Å²) in [4.78, 5) is 0. The highest BCUT2D eigenvalue weighted by molar-refractivity contribution is 8.09. The summed E-state index contributed by atoms with van der Waals surface area (Å²) in [7, 11) is -8.01. The SMILES string of the molecule is CS(=O)(=O)N(c1cccc(CCl)c1Cl)S(C)(=O)=O. The smallest absolute Gasteiger partial charge is 0.206 e. The Balaban J connectivity index is 3.61. The van der Waals surface area contributed by atoms with Gasteiger partial charge in [-0.3, -0.25) is 0 Å². The van der Waals surface area contributed by atoms with Crippen LogP contribution in [0.2, 0.25) is 5.02 Å². The van der Waals surface area contributed by atoms with Crippen LogP contribution in [0.15, 0.2) is 18.2 Å². The number of alkyl halides is 1. The molecule has 0 radical (unpaired) electrons. The van der Waals surface area contributed by atoms with Crippen LogP contribution in [0.1, 0.15) is 5.56 Å². The van der Waals surface area contributed by atoms with Crippen LogP contribution >= 0.6 is 23.2 Å². The van der Waals surface area contributed by atoms with E-state index in [1.807, 2.05) is 0 Å². The van der Waals surface area contributed by atoms with Gasteiger partial charge in [-0.1, -0.05) is 23.7 Å². The van der Waals surface area contributed by atoms with Gasteiger partial charge in [-0.05, 0) is 11.6 Å². The number of anilines is 1. The van der Waals surface area contributed by atoms with Crippen molar-refractivity contribution in [3.8, 4) is 0 Å². The molecular formula is C9H11Cl2NO4S2. The summed E-state index contributed by atoms with van der Waals surface area (Å²) >= 11 is 11.6. The van der Waals surface area contributed by atoms with Crippen LogP contribution in [0.25, 0.3) is 0 Å². The molecule has 0 saturated heterocycles. The fourth-order valence-corrected chi connectivity index (χ4v) is 5.07. The first kappa shape index (κ1) is 15.6. The summed E-state index contributed by atoms with van der Waals surface area (Å²) in [6.07, 6.45) is 1.58. The molecule has 0 unspecified atom stereocenters. The van der Waals surface area contributed by atoms with Crippen molar-refractivity contribution in [2.75, 3.05) is 16.2 Å². The minimum atomic E-state index is -4.01. The van der Waals surface area contributed by atoms with Gasteiger partial charge in [-0.25, -0.2) is 16.8 Å². The average Bonchev–Trinajstić information content (AvgIpc) is 2.17. The molecule has 0 bridgehead atoms. The molecular weight excluding hydrogens is 321 g/mol. The van der Waals surface area contributed by atoms with E-state index in [9.17, 15) is 16.8 Å². The van der Waals surface area contributed by atoms with Crippen molar-refractivity contribution in [3.63, 3.8) is 0 Å². The molecule has 1 aromatic rings. The summed E-state index contributed by atoms with van der Waals surface area (Å²) in [5.41, 5.74) is 0.327. The molecule has 0 aliphatic carbocycles. The third-order valence-corrected chi connectivity index (χ3v) is 5.95. The van der Waals surface area contributed by atoms with Crippen LogP contribution in [-0.2, 0) is 25.9 Å². The van der Waals surface area contributed by atoms with Gasteiger partial charge in [0.2, 0.25) is 20.0 Å². The van der Waals surface area contributed by atoms with Crippen molar-refractivity contribution in [1.82, 2.24) is 0 Å². The van der Waals surface area contributed by atoms with Gasteiger partial charge in [0.25, 0.3) is 0 Å². The Kier molecular flexibility index (Phi) is 4.53. The van der Waals surface area contributed by atoms with Gasteiger partial charge in [0, 0.05) is 5.88 Å². The van der Waals surface area contributed by atoms with Gasteiger partial charge in [0.15, 0.2) is 0 Å². The molecule has 0 fully saturated rings. The zero-order valence-corrected chi connectivity index (χ0v) is 12.7. The Morgan fingerprint density at radius 1 is 1.11 bits per heavy atom. The van der Waals surface area contributed by atoms with Gasteiger partial charge < -0.3 is 0 Å². The van der Waals surface area contributed by atoms with Gasteiger partial charge in [0.1, 0.15) is 0 Å². The third-order valence-electron chi connectivity index (χ3n) is 2.00. The van der Waals surface area contributed by atoms with E-state index >= 15 is 0 Å². The maximum Gasteiger partial charge on any atom is 0.245 e. The standard InChI is InChI=1S/C9H11Cl2NO4S2/c1-17(13,14)12(18(2,15)16)8-5-3-4-7(6-10)9(8)11/h3-5H,6H2,1-2H3. The maximum absolute atomic E-state index is 11.6. The second-order valence-electron chi connectivity index (χ2n) is 3.61. The minimum Gasteiger partial charge on any atom is -0.206 e. The van der Waals surface area contributed by atoms with Gasteiger partial charge in [-0.15, -0.1) is 11.6 Å². The fourth-order valence-electron chi connectivity index (χ4n) is 1.41. The number of hydrogen-bond donors (Lipinski definition) is 0. The van der Waals surface area contributed by atoms with Crippen LogP contribution < -0.4 is 3.71 Å². The predicted molar refractivity (Wildman–Crippen MR) is 73.2 cm³/mol. The molecule has 0 atom stereocenters. The zero-order valence-electron chi connectivity index (χ0n) is 9.59. The van der Waals surface area contributed by atoms with E-state index in [1.54, 1.807) is 6.07 Å². The van der Waals surface area contributed by atoms with Crippen LogP contribution in [0.5, 0.6) is 0 Å². The van der Waals surface area contributed by atoms with Crippen LogP contribution in [0, 0.1) is 0 Å². The van der Waals surface area contributed by atoms with E-state index in [1.165, 1.54) is 12.1 Å². The molecule has 5 nitrogen and oxygen atoms in total. The summed E-state index contributed by atoms with van der Waals surface area (Å²) in [6.45, 7) is 0. The lowest BCUT2D eigenvalue weighted by molar-refractivity contribution is 0.590. The maximum atomic E-state index is 11.6. The molecule has 18 heavy (non-hydrogen) atoms. The molecule has 9 heteroatoms. The van der Waals surface area contributed by atoms with Gasteiger partial charge in [-0.2, -0.15) is 3.71 Å². The molecule has 0 aliphatic rings. The van der Waals surface area contributed by atoms with Crippen LogP contribution in [-0.4, -0.2) is 29.3 Å². The quantitative estimate of drug-likeness (QED) is 0.789. The number of rotatable bonds is 4. The summed E-state index contributed by atoms with van der Waals surface area (Å²) in [5, 5.41) is 0.00310. The lowest BCUT2D eigenvalue weighted by Gasteiger charge is -2.21. The fraction of sp³-hybridized carbons (Fsp3) is 0.333. The van der Waals surface area contributed by atoms with Crippen LogP contribution in [0.3, 0.4) is 0 Å². The molecule has 0 N–H and O–H groups in total. The largest absolute Gasteiger partial charge is 0.245 e. The lowest BCUT2D eigenvalue weighted by atomic mass is 10.2. The van der Waals surface area contributed by atoms with Crippen molar-refractivity contribution in [1.29, 1.82) is 0 Å². The number of nitrogens with zero attached hydrogens (tertiary/aromatic N) is 1. The molecule has 0 spiro atoms. The predicted octanol–water partition coefficient (Wildman–Crippen LogP) is 1.80. The van der Waals surface area contributed by atoms with Gasteiger partial charge in [0.05, 0.1) is 23.2 Å². The summed E-state index contributed by atoms with van der Waals surface area (Å²) in [6, 6.07) is 4.38. The first-order chi connectivity index (χ1) is 8.09. The molecule has 102 valence electrons. The molecule has 0 aliphatic heterocycles. The Bertz CT molecular complexity index is 623. The lowest BCUT2D eigenvalue weighted by Crippen LogP contribution is -2.35. The van der Waals surface area contributed by atoms with E-state index in [2.05, 4.69) is 0 Å². The second kappa shape index (κ2) is 5.24.